The molecule has 104 valence electrons. The molecule has 0 saturated heterocycles. The molecule has 0 heterocycles. The van der Waals surface area contributed by atoms with E-state index in [-0.39, 0.29) is 13.2 Å². The van der Waals surface area contributed by atoms with E-state index in [1.807, 2.05) is 30.3 Å². The Morgan fingerprint density at radius 1 is 1.10 bits per heavy atom. The van der Waals surface area contributed by atoms with Gasteiger partial charge >= 0.3 is 12.2 Å². The zero-order valence-electron chi connectivity index (χ0n) is 10.7. The van der Waals surface area contributed by atoms with Crippen LogP contribution in [-0.2, 0) is 4.74 Å². The van der Waals surface area contributed by atoms with E-state index < -0.39 is 12.2 Å². The molecule has 0 aliphatic carbocycles. The van der Waals surface area contributed by atoms with Crippen LogP contribution in [0.3, 0.4) is 0 Å². The Hall–Kier alpha value is -2.76. The smallest absolute Gasteiger partial charge is 0.412 e. The van der Waals surface area contributed by atoms with Crippen LogP contribution in [0.2, 0.25) is 0 Å². The molecule has 0 spiro atoms. The first-order valence-corrected chi connectivity index (χ1v) is 6.02. The topological polar surface area (TPSA) is 90.7 Å². The van der Waals surface area contributed by atoms with Crippen LogP contribution in [0.5, 0.6) is 5.75 Å². The Morgan fingerprint density at radius 3 is 2.65 bits per heavy atom. The number of nitrogens with one attached hydrogen (secondary N) is 1. The molecule has 2 rings (SSSR count). The normalized spacial score (nSPS) is 10.0. The highest BCUT2D eigenvalue weighted by molar-refractivity contribution is 5.90. The van der Waals surface area contributed by atoms with Gasteiger partial charge in [-0.25, -0.2) is 9.59 Å². The van der Waals surface area contributed by atoms with Gasteiger partial charge in [-0.05, 0) is 11.5 Å². The van der Waals surface area contributed by atoms with Gasteiger partial charge in [-0.2, -0.15) is 0 Å². The monoisotopic (exact) mass is 274 g/mol. The summed E-state index contributed by atoms with van der Waals surface area (Å²) in [5, 5.41) is 4.28. The van der Waals surface area contributed by atoms with E-state index in [4.69, 9.17) is 10.5 Å². The molecule has 0 aliphatic rings. The minimum absolute atomic E-state index is 0.0000291. The summed E-state index contributed by atoms with van der Waals surface area (Å²) in [6.45, 7) is 0.131. The standard InChI is InChI=1S/C14H14N2O4/c15-13(17)19-9-8-16-14(18)20-12-7-3-5-10-4-1-2-6-11(10)12/h1-7H,8-9H2,(H2,15,17)(H,16,18). The SMILES string of the molecule is NC(=O)OCCNC(=O)Oc1cccc2ccccc12. The fourth-order valence-electron chi connectivity index (χ4n) is 1.73. The molecule has 6 nitrogen and oxygen atoms in total. The molecule has 0 radical (unpaired) electrons. The number of rotatable bonds is 4. The summed E-state index contributed by atoms with van der Waals surface area (Å²) in [7, 11) is 0. The van der Waals surface area contributed by atoms with Crippen LogP contribution < -0.4 is 15.8 Å². The molecule has 6 heteroatoms. The maximum atomic E-state index is 11.6. The van der Waals surface area contributed by atoms with E-state index in [2.05, 4.69) is 10.1 Å². The highest BCUT2D eigenvalue weighted by Crippen LogP contribution is 2.24. The highest BCUT2D eigenvalue weighted by atomic mass is 16.6. The van der Waals surface area contributed by atoms with Gasteiger partial charge in [-0.3, -0.25) is 0 Å². The molecule has 0 unspecified atom stereocenters. The molecule has 2 amide bonds. The third-order valence-corrected chi connectivity index (χ3v) is 2.57. The Kier molecular flexibility index (Phi) is 4.39. The van der Waals surface area contributed by atoms with E-state index >= 15 is 0 Å². The number of hydrogen-bond acceptors (Lipinski definition) is 4. The third kappa shape index (κ3) is 3.61. The fourth-order valence-corrected chi connectivity index (χ4v) is 1.73. The predicted molar refractivity (Wildman–Crippen MR) is 73.5 cm³/mol. The summed E-state index contributed by atoms with van der Waals surface area (Å²) in [5.41, 5.74) is 4.79. The van der Waals surface area contributed by atoms with Crippen LogP contribution in [0.4, 0.5) is 9.59 Å². The number of carbonyl (C=O) groups is 2. The second-order valence-electron chi connectivity index (χ2n) is 3.96. The lowest BCUT2D eigenvalue weighted by molar-refractivity contribution is 0.154. The van der Waals surface area contributed by atoms with Crippen molar-refractivity contribution < 1.29 is 19.1 Å². The molecule has 0 fully saturated rings. The predicted octanol–water partition coefficient (Wildman–Crippen LogP) is 2.02. The number of ether oxygens (including phenoxy) is 2. The molecule has 0 aromatic heterocycles. The van der Waals surface area contributed by atoms with Crippen molar-refractivity contribution in [1.29, 1.82) is 0 Å². The number of carbonyl (C=O) groups excluding carboxylic acids is 2. The number of primary amides is 1. The van der Waals surface area contributed by atoms with Gasteiger partial charge in [0.1, 0.15) is 12.4 Å². The highest BCUT2D eigenvalue weighted by Gasteiger charge is 2.07. The Labute approximate surface area is 115 Å². The second-order valence-corrected chi connectivity index (χ2v) is 3.96. The van der Waals surface area contributed by atoms with Crippen LogP contribution in [0, 0.1) is 0 Å². The van der Waals surface area contributed by atoms with Crippen molar-refractivity contribution in [1.82, 2.24) is 5.32 Å². The van der Waals surface area contributed by atoms with Gasteiger partial charge in [0.05, 0.1) is 6.54 Å². The first-order valence-electron chi connectivity index (χ1n) is 6.02. The lowest BCUT2D eigenvalue weighted by Crippen LogP contribution is -2.31. The summed E-state index contributed by atoms with van der Waals surface area (Å²) < 4.78 is 9.69. The fraction of sp³-hybridized carbons (Fsp3) is 0.143. The average molecular weight is 274 g/mol. The van der Waals surface area contributed by atoms with Gasteiger partial charge in [0.25, 0.3) is 0 Å². The van der Waals surface area contributed by atoms with Crippen LogP contribution in [0.25, 0.3) is 10.8 Å². The molecular weight excluding hydrogens is 260 g/mol. The molecule has 2 aromatic rings. The molecule has 2 aromatic carbocycles. The van der Waals surface area contributed by atoms with Gasteiger partial charge in [0.2, 0.25) is 0 Å². The lowest BCUT2D eigenvalue weighted by atomic mass is 10.1. The molecule has 0 atom stereocenters. The summed E-state index contributed by atoms with van der Waals surface area (Å²) in [6, 6.07) is 13.0. The molecule has 20 heavy (non-hydrogen) atoms. The van der Waals surface area contributed by atoms with Gasteiger partial charge in [0.15, 0.2) is 0 Å². The van der Waals surface area contributed by atoms with Crippen molar-refractivity contribution in [3.8, 4) is 5.75 Å². The third-order valence-electron chi connectivity index (χ3n) is 2.57. The maximum absolute atomic E-state index is 11.6. The molecule has 0 bridgehead atoms. The van der Waals surface area contributed by atoms with E-state index in [9.17, 15) is 9.59 Å². The minimum atomic E-state index is -0.880. The average Bonchev–Trinajstić information content (AvgIpc) is 2.44. The summed E-state index contributed by atoms with van der Waals surface area (Å²) in [5.74, 6) is 0.469. The zero-order valence-corrected chi connectivity index (χ0v) is 10.7. The first-order chi connectivity index (χ1) is 9.66. The zero-order chi connectivity index (χ0) is 14.4. The van der Waals surface area contributed by atoms with Crippen LogP contribution in [0.1, 0.15) is 0 Å². The Bertz CT molecular complexity index is 622. The van der Waals surface area contributed by atoms with Crippen molar-refractivity contribution in [3.63, 3.8) is 0 Å². The van der Waals surface area contributed by atoms with Crippen molar-refractivity contribution in [2.45, 2.75) is 0 Å². The number of fused-ring (bicyclic) bond motifs is 1. The van der Waals surface area contributed by atoms with E-state index in [0.717, 1.165) is 10.8 Å². The van der Waals surface area contributed by atoms with Gasteiger partial charge in [0, 0.05) is 5.39 Å². The van der Waals surface area contributed by atoms with E-state index in [1.54, 1.807) is 12.1 Å². The maximum Gasteiger partial charge on any atom is 0.412 e. The first kappa shape index (κ1) is 13.7. The van der Waals surface area contributed by atoms with E-state index in [0.29, 0.717) is 5.75 Å². The Morgan fingerprint density at radius 2 is 1.85 bits per heavy atom. The van der Waals surface area contributed by atoms with Crippen molar-refractivity contribution >= 4 is 23.0 Å². The number of hydrogen-bond donors (Lipinski definition) is 2. The number of benzene rings is 2. The van der Waals surface area contributed by atoms with Gasteiger partial charge in [-0.15, -0.1) is 0 Å². The van der Waals surface area contributed by atoms with E-state index in [1.165, 1.54) is 0 Å². The summed E-state index contributed by atoms with van der Waals surface area (Å²) >= 11 is 0. The largest absolute Gasteiger partial charge is 0.448 e. The number of nitrogens with two attached hydrogens (primary N) is 1. The van der Waals surface area contributed by atoms with Crippen molar-refractivity contribution in [2.75, 3.05) is 13.2 Å². The quantitative estimate of drug-likeness (QED) is 0.834. The van der Waals surface area contributed by atoms with Crippen molar-refractivity contribution in [3.05, 3.63) is 42.5 Å². The van der Waals surface area contributed by atoms with Crippen molar-refractivity contribution in [2.24, 2.45) is 5.73 Å². The summed E-state index contributed by atoms with van der Waals surface area (Å²) in [6.07, 6.45) is -1.50. The Balaban J connectivity index is 1.94. The molecule has 0 saturated carbocycles. The molecular formula is C14H14N2O4. The van der Waals surface area contributed by atoms with Gasteiger partial charge < -0.3 is 20.5 Å². The summed E-state index contributed by atoms with van der Waals surface area (Å²) in [4.78, 5) is 21.9. The number of amides is 2. The molecule has 3 N–H and O–H groups in total. The van der Waals surface area contributed by atoms with Crippen LogP contribution >= 0.6 is 0 Å². The minimum Gasteiger partial charge on any atom is -0.448 e. The van der Waals surface area contributed by atoms with Crippen LogP contribution in [-0.4, -0.2) is 25.3 Å². The molecule has 0 aliphatic heterocycles. The lowest BCUT2D eigenvalue weighted by Gasteiger charge is -2.08. The van der Waals surface area contributed by atoms with Crippen LogP contribution in [0.15, 0.2) is 42.5 Å². The second kappa shape index (κ2) is 6.42. The van der Waals surface area contributed by atoms with Gasteiger partial charge in [-0.1, -0.05) is 36.4 Å².